The fourth-order valence-corrected chi connectivity index (χ4v) is 1.70. The van der Waals surface area contributed by atoms with Crippen LogP contribution in [0.15, 0.2) is 24.5 Å². The maximum atomic E-state index is 9.81. The first kappa shape index (κ1) is 17.0. The van der Waals surface area contributed by atoms with Gasteiger partial charge in [0.1, 0.15) is 0 Å². The van der Waals surface area contributed by atoms with Crippen molar-refractivity contribution >= 4 is 0 Å². The third-order valence-electron chi connectivity index (χ3n) is 2.85. The zero-order chi connectivity index (χ0) is 14.8. The number of hydrogen-bond acceptors (Lipinski definition) is 5. The molecule has 0 aliphatic rings. The smallest absolute Gasteiger partial charge is 0.0897 e. The average Bonchev–Trinajstić information content (AvgIpc) is 2.45. The van der Waals surface area contributed by atoms with Gasteiger partial charge < -0.3 is 19.9 Å². The molecule has 0 aromatic carbocycles. The molecule has 20 heavy (non-hydrogen) atoms. The second-order valence-electron chi connectivity index (χ2n) is 5.06. The van der Waals surface area contributed by atoms with Gasteiger partial charge in [-0.2, -0.15) is 0 Å². The predicted molar refractivity (Wildman–Crippen MR) is 78.6 cm³/mol. The molecule has 0 aliphatic carbocycles. The van der Waals surface area contributed by atoms with E-state index in [0.29, 0.717) is 26.4 Å². The Morgan fingerprint density at radius 3 is 2.55 bits per heavy atom. The zero-order valence-corrected chi connectivity index (χ0v) is 12.6. The van der Waals surface area contributed by atoms with Gasteiger partial charge in [-0.25, -0.2) is 0 Å². The molecule has 5 nitrogen and oxygen atoms in total. The summed E-state index contributed by atoms with van der Waals surface area (Å²) in [7, 11) is 0. The SMILES string of the molecule is CC(C)OCCOCC(O)CN[C@@H](C)c1ccncc1. The van der Waals surface area contributed by atoms with E-state index in [9.17, 15) is 5.11 Å². The Morgan fingerprint density at radius 1 is 1.20 bits per heavy atom. The summed E-state index contributed by atoms with van der Waals surface area (Å²) in [4.78, 5) is 3.98. The summed E-state index contributed by atoms with van der Waals surface area (Å²) in [6, 6.07) is 4.10. The molecule has 1 aromatic heterocycles. The van der Waals surface area contributed by atoms with Crippen LogP contribution in [0.5, 0.6) is 0 Å². The van der Waals surface area contributed by atoms with Crippen LogP contribution >= 0.6 is 0 Å². The lowest BCUT2D eigenvalue weighted by Crippen LogP contribution is -2.32. The zero-order valence-electron chi connectivity index (χ0n) is 12.6. The third kappa shape index (κ3) is 7.55. The fraction of sp³-hybridized carbons (Fsp3) is 0.667. The van der Waals surface area contributed by atoms with Gasteiger partial charge in [0.15, 0.2) is 0 Å². The van der Waals surface area contributed by atoms with Crippen LogP contribution in [0.3, 0.4) is 0 Å². The number of rotatable bonds is 10. The Labute approximate surface area is 121 Å². The van der Waals surface area contributed by atoms with Gasteiger partial charge in [0.05, 0.1) is 32.0 Å². The first-order valence-electron chi connectivity index (χ1n) is 7.10. The molecular formula is C15H26N2O3. The van der Waals surface area contributed by atoms with Crippen molar-refractivity contribution in [3.63, 3.8) is 0 Å². The van der Waals surface area contributed by atoms with E-state index in [4.69, 9.17) is 9.47 Å². The number of hydrogen-bond donors (Lipinski definition) is 2. The van der Waals surface area contributed by atoms with Crippen LogP contribution in [0.2, 0.25) is 0 Å². The molecule has 0 saturated heterocycles. The van der Waals surface area contributed by atoms with Crippen molar-refractivity contribution in [3.05, 3.63) is 30.1 Å². The summed E-state index contributed by atoms with van der Waals surface area (Å²) in [6.45, 7) is 7.91. The molecule has 0 saturated carbocycles. The lowest BCUT2D eigenvalue weighted by molar-refractivity contribution is -0.0104. The van der Waals surface area contributed by atoms with E-state index in [1.54, 1.807) is 12.4 Å². The van der Waals surface area contributed by atoms with E-state index in [1.807, 2.05) is 26.0 Å². The molecule has 0 bridgehead atoms. The minimum Gasteiger partial charge on any atom is -0.389 e. The number of aliphatic hydroxyl groups is 1. The monoisotopic (exact) mass is 282 g/mol. The molecular weight excluding hydrogens is 256 g/mol. The summed E-state index contributed by atoms with van der Waals surface area (Å²) in [5, 5.41) is 13.1. The number of nitrogens with one attached hydrogen (secondary N) is 1. The van der Waals surface area contributed by atoms with Gasteiger partial charge in [-0.3, -0.25) is 4.98 Å². The Hall–Kier alpha value is -1.01. The number of pyridine rings is 1. The number of ether oxygens (including phenoxy) is 2. The quantitative estimate of drug-likeness (QED) is 0.637. The van der Waals surface area contributed by atoms with E-state index in [2.05, 4.69) is 17.2 Å². The number of nitrogens with zero attached hydrogens (tertiary/aromatic N) is 1. The molecule has 1 rings (SSSR count). The van der Waals surface area contributed by atoms with Crippen molar-refractivity contribution in [2.45, 2.75) is 39.0 Å². The molecule has 2 N–H and O–H groups in total. The molecule has 0 spiro atoms. The first-order chi connectivity index (χ1) is 9.59. The number of aliphatic hydroxyl groups excluding tert-OH is 1. The molecule has 2 atom stereocenters. The summed E-state index contributed by atoms with van der Waals surface area (Å²) in [5.41, 5.74) is 1.15. The highest BCUT2D eigenvalue weighted by Gasteiger charge is 2.08. The molecule has 114 valence electrons. The predicted octanol–water partition coefficient (Wildman–Crippen LogP) is 1.53. The van der Waals surface area contributed by atoms with Gasteiger partial charge in [0.2, 0.25) is 0 Å². The van der Waals surface area contributed by atoms with Crippen LogP contribution in [-0.4, -0.2) is 48.7 Å². The van der Waals surface area contributed by atoms with Crippen molar-refractivity contribution in [1.82, 2.24) is 10.3 Å². The van der Waals surface area contributed by atoms with Gasteiger partial charge in [-0.05, 0) is 38.5 Å². The Kier molecular flexibility index (Phi) is 8.37. The van der Waals surface area contributed by atoms with Crippen molar-refractivity contribution in [3.8, 4) is 0 Å². The second-order valence-corrected chi connectivity index (χ2v) is 5.06. The van der Waals surface area contributed by atoms with Gasteiger partial charge in [-0.1, -0.05) is 0 Å². The van der Waals surface area contributed by atoms with E-state index in [1.165, 1.54) is 0 Å². The van der Waals surface area contributed by atoms with E-state index < -0.39 is 6.10 Å². The van der Waals surface area contributed by atoms with E-state index in [0.717, 1.165) is 5.56 Å². The van der Waals surface area contributed by atoms with Crippen LogP contribution in [-0.2, 0) is 9.47 Å². The molecule has 1 aromatic rings. The lowest BCUT2D eigenvalue weighted by Gasteiger charge is -2.17. The topological polar surface area (TPSA) is 63.6 Å². The van der Waals surface area contributed by atoms with Crippen molar-refractivity contribution in [2.24, 2.45) is 0 Å². The van der Waals surface area contributed by atoms with E-state index >= 15 is 0 Å². The van der Waals surface area contributed by atoms with Crippen LogP contribution in [0.25, 0.3) is 0 Å². The molecule has 0 amide bonds. The summed E-state index contributed by atoms with van der Waals surface area (Å²) < 4.78 is 10.7. The highest BCUT2D eigenvalue weighted by Crippen LogP contribution is 2.09. The van der Waals surface area contributed by atoms with Crippen LogP contribution < -0.4 is 5.32 Å². The van der Waals surface area contributed by atoms with E-state index in [-0.39, 0.29) is 12.1 Å². The third-order valence-corrected chi connectivity index (χ3v) is 2.85. The standard InChI is InChI=1S/C15H26N2O3/c1-12(2)20-9-8-19-11-15(18)10-17-13(3)14-4-6-16-7-5-14/h4-7,12-13,15,17-18H,8-11H2,1-3H3/t13-,15?/m0/s1. The molecule has 0 aliphatic heterocycles. The molecule has 1 heterocycles. The van der Waals surface area contributed by atoms with Crippen molar-refractivity contribution in [2.75, 3.05) is 26.4 Å². The lowest BCUT2D eigenvalue weighted by atomic mass is 10.1. The summed E-state index contributed by atoms with van der Waals surface area (Å²) >= 11 is 0. The van der Waals surface area contributed by atoms with Crippen LogP contribution in [0, 0.1) is 0 Å². The molecule has 5 heteroatoms. The first-order valence-corrected chi connectivity index (χ1v) is 7.10. The highest BCUT2D eigenvalue weighted by atomic mass is 16.5. The minimum absolute atomic E-state index is 0.178. The van der Waals surface area contributed by atoms with Crippen molar-refractivity contribution in [1.29, 1.82) is 0 Å². The van der Waals surface area contributed by atoms with Crippen LogP contribution in [0.1, 0.15) is 32.4 Å². The minimum atomic E-state index is -0.515. The molecule has 0 fully saturated rings. The maximum Gasteiger partial charge on any atom is 0.0897 e. The largest absolute Gasteiger partial charge is 0.389 e. The van der Waals surface area contributed by atoms with Crippen LogP contribution in [0.4, 0.5) is 0 Å². The molecule has 0 radical (unpaired) electrons. The highest BCUT2D eigenvalue weighted by molar-refractivity contribution is 5.13. The number of aromatic nitrogens is 1. The van der Waals surface area contributed by atoms with Gasteiger partial charge in [0.25, 0.3) is 0 Å². The summed E-state index contributed by atoms with van der Waals surface area (Å²) in [5.74, 6) is 0. The van der Waals surface area contributed by atoms with Crippen molar-refractivity contribution < 1.29 is 14.6 Å². The average molecular weight is 282 g/mol. The van der Waals surface area contributed by atoms with Gasteiger partial charge in [-0.15, -0.1) is 0 Å². The summed E-state index contributed by atoms with van der Waals surface area (Å²) in [6.07, 6.45) is 3.23. The second kappa shape index (κ2) is 9.83. The fourth-order valence-electron chi connectivity index (χ4n) is 1.70. The Morgan fingerprint density at radius 2 is 1.90 bits per heavy atom. The van der Waals surface area contributed by atoms with Gasteiger partial charge >= 0.3 is 0 Å². The normalized spacial score (nSPS) is 14.4. The molecule has 1 unspecified atom stereocenters. The van der Waals surface area contributed by atoms with Gasteiger partial charge in [0, 0.05) is 25.0 Å². The Bertz CT molecular complexity index is 346. The maximum absolute atomic E-state index is 9.81. The Balaban J connectivity index is 2.09.